The molecule has 2 aromatic rings. The molecule has 0 atom stereocenters. The number of aldehydes is 1. The van der Waals surface area contributed by atoms with E-state index in [0.29, 0.717) is 10.6 Å². The van der Waals surface area contributed by atoms with E-state index in [4.69, 9.17) is 4.74 Å². The minimum absolute atomic E-state index is 0.626. The number of methoxy groups -OCH3 is 1. The zero-order valence-corrected chi connectivity index (χ0v) is 9.19. The maximum Gasteiger partial charge on any atom is 0.185 e. The number of fused-ring (bicyclic) bond motifs is 1. The number of carbonyl (C=O) groups is 1. The first-order valence-corrected chi connectivity index (χ1v) is 5.27. The van der Waals surface area contributed by atoms with Crippen LogP contribution in [0.2, 0.25) is 0 Å². The largest absolute Gasteiger partial charge is 0.487 e. The quantitative estimate of drug-likeness (QED) is 0.627. The van der Waals surface area contributed by atoms with Crippen molar-refractivity contribution < 1.29 is 9.53 Å². The van der Waals surface area contributed by atoms with E-state index in [1.807, 2.05) is 18.2 Å². The highest BCUT2D eigenvalue weighted by Gasteiger charge is 2.11. The Morgan fingerprint density at radius 1 is 1.50 bits per heavy atom. The predicted octanol–water partition coefficient (Wildman–Crippen LogP) is 3.01. The van der Waals surface area contributed by atoms with Gasteiger partial charge in [0.25, 0.3) is 0 Å². The van der Waals surface area contributed by atoms with Gasteiger partial charge in [-0.2, -0.15) is 0 Å². The average Bonchev–Trinajstić information content (AvgIpc) is 2.54. The molecule has 0 aliphatic heterocycles. The van der Waals surface area contributed by atoms with Gasteiger partial charge in [0.2, 0.25) is 0 Å². The number of thiol groups is 1. The molecule has 0 saturated heterocycles. The third-order valence-electron chi connectivity index (χ3n) is 1.98. The van der Waals surface area contributed by atoms with Gasteiger partial charge in [0.15, 0.2) is 11.3 Å². The third-order valence-corrected chi connectivity index (χ3v) is 3.39. The summed E-state index contributed by atoms with van der Waals surface area (Å²) in [6, 6.07) is 5.68. The van der Waals surface area contributed by atoms with Gasteiger partial charge in [-0.25, -0.2) is 0 Å². The Bertz CT molecular complexity index is 488. The van der Waals surface area contributed by atoms with Crippen molar-refractivity contribution >= 4 is 40.3 Å². The number of hydrogen-bond acceptors (Lipinski definition) is 4. The predicted molar refractivity (Wildman–Crippen MR) is 61.0 cm³/mol. The van der Waals surface area contributed by atoms with Crippen LogP contribution in [0.4, 0.5) is 0 Å². The van der Waals surface area contributed by atoms with Crippen LogP contribution in [0.3, 0.4) is 0 Å². The van der Waals surface area contributed by atoms with Gasteiger partial charge < -0.3 is 4.74 Å². The molecule has 0 spiro atoms. The number of thiophene rings is 1. The molecule has 0 aliphatic carbocycles. The molecular formula is C10H8O2S2. The van der Waals surface area contributed by atoms with Crippen LogP contribution in [-0.2, 0) is 0 Å². The second-order valence-electron chi connectivity index (χ2n) is 2.81. The maximum atomic E-state index is 10.9. The van der Waals surface area contributed by atoms with E-state index in [9.17, 15) is 4.79 Å². The summed E-state index contributed by atoms with van der Waals surface area (Å²) >= 11 is 5.70. The normalized spacial score (nSPS) is 10.4. The Kier molecular flexibility index (Phi) is 2.48. The highest BCUT2D eigenvalue weighted by atomic mass is 32.1. The third kappa shape index (κ3) is 1.40. The Balaban J connectivity index is 2.79. The van der Waals surface area contributed by atoms with Crippen molar-refractivity contribution in [3.8, 4) is 5.06 Å². The van der Waals surface area contributed by atoms with E-state index in [0.717, 1.165) is 21.3 Å². The monoisotopic (exact) mass is 224 g/mol. The highest BCUT2D eigenvalue weighted by molar-refractivity contribution is 7.80. The van der Waals surface area contributed by atoms with Crippen molar-refractivity contribution in [2.75, 3.05) is 7.11 Å². The lowest BCUT2D eigenvalue weighted by Gasteiger charge is -1.93. The van der Waals surface area contributed by atoms with Crippen LogP contribution in [0.1, 0.15) is 10.4 Å². The van der Waals surface area contributed by atoms with E-state index in [-0.39, 0.29) is 0 Å². The summed E-state index contributed by atoms with van der Waals surface area (Å²) in [5.74, 6) is 0. The molecule has 0 unspecified atom stereocenters. The van der Waals surface area contributed by atoms with Crippen LogP contribution in [0, 0.1) is 0 Å². The van der Waals surface area contributed by atoms with Crippen LogP contribution < -0.4 is 4.74 Å². The number of ether oxygens (including phenoxy) is 1. The van der Waals surface area contributed by atoms with Gasteiger partial charge in [0, 0.05) is 15.0 Å². The van der Waals surface area contributed by atoms with Gasteiger partial charge in [0.05, 0.1) is 12.7 Å². The number of hydrogen-bond donors (Lipinski definition) is 1. The molecule has 0 bridgehead atoms. The highest BCUT2D eigenvalue weighted by Crippen LogP contribution is 2.37. The molecule has 14 heavy (non-hydrogen) atoms. The summed E-state index contributed by atoms with van der Waals surface area (Å²) in [4.78, 5) is 11.7. The molecule has 4 heteroatoms. The summed E-state index contributed by atoms with van der Waals surface area (Å²) < 4.78 is 6.15. The lowest BCUT2D eigenvalue weighted by molar-refractivity contribution is 0.112. The Hall–Kier alpha value is -1.00. The number of benzene rings is 1. The molecule has 0 saturated carbocycles. The van der Waals surface area contributed by atoms with Gasteiger partial charge in [-0.3, -0.25) is 4.79 Å². The van der Waals surface area contributed by atoms with Crippen LogP contribution >= 0.6 is 24.0 Å². The number of rotatable bonds is 2. The first kappa shape index (κ1) is 9.55. The van der Waals surface area contributed by atoms with Gasteiger partial charge in [-0.15, -0.1) is 12.6 Å². The fraction of sp³-hybridized carbons (Fsp3) is 0.100. The van der Waals surface area contributed by atoms with Crippen molar-refractivity contribution in [1.82, 2.24) is 0 Å². The smallest absolute Gasteiger partial charge is 0.185 e. The van der Waals surface area contributed by atoms with E-state index >= 15 is 0 Å². The molecule has 1 heterocycles. The SMILES string of the molecule is COc1sc2cc(S)ccc2c1C=O. The molecule has 2 nitrogen and oxygen atoms in total. The minimum atomic E-state index is 0.626. The second kappa shape index (κ2) is 3.63. The van der Waals surface area contributed by atoms with Crippen LogP contribution in [0.25, 0.3) is 10.1 Å². The second-order valence-corrected chi connectivity index (χ2v) is 4.34. The maximum absolute atomic E-state index is 10.9. The van der Waals surface area contributed by atoms with Crippen LogP contribution in [0.5, 0.6) is 5.06 Å². The van der Waals surface area contributed by atoms with Crippen LogP contribution in [0.15, 0.2) is 23.1 Å². The van der Waals surface area contributed by atoms with E-state index in [2.05, 4.69) is 12.6 Å². The lowest BCUT2D eigenvalue weighted by Crippen LogP contribution is -1.83. The van der Waals surface area contributed by atoms with Crippen molar-refractivity contribution in [1.29, 1.82) is 0 Å². The van der Waals surface area contributed by atoms with E-state index in [1.165, 1.54) is 11.3 Å². The Labute approximate surface area is 90.9 Å². The molecule has 0 radical (unpaired) electrons. The van der Waals surface area contributed by atoms with E-state index < -0.39 is 0 Å². The standard InChI is InChI=1S/C10H8O2S2/c1-12-10-8(5-11)7-3-2-6(13)4-9(7)14-10/h2-5,13H,1H3. The first-order valence-electron chi connectivity index (χ1n) is 4.01. The fourth-order valence-electron chi connectivity index (χ4n) is 1.35. The summed E-state index contributed by atoms with van der Waals surface area (Å²) in [7, 11) is 1.57. The summed E-state index contributed by atoms with van der Waals surface area (Å²) in [5, 5.41) is 1.59. The topological polar surface area (TPSA) is 26.3 Å². The zero-order valence-electron chi connectivity index (χ0n) is 7.48. The molecule has 2 rings (SSSR count). The summed E-state index contributed by atoms with van der Waals surface area (Å²) in [6.45, 7) is 0. The van der Waals surface area contributed by atoms with Gasteiger partial charge >= 0.3 is 0 Å². The van der Waals surface area contributed by atoms with Gasteiger partial charge in [0.1, 0.15) is 0 Å². The molecule has 0 fully saturated rings. The van der Waals surface area contributed by atoms with Gasteiger partial charge in [-0.1, -0.05) is 17.4 Å². The summed E-state index contributed by atoms with van der Waals surface area (Å²) in [5.41, 5.74) is 0.626. The zero-order chi connectivity index (χ0) is 10.1. The number of carbonyl (C=O) groups excluding carboxylic acids is 1. The molecular weight excluding hydrogens is 216 g/mol. The van der Waals surface area contributed by atoms with Crippen molar-refractivity contribution in [2.24, 2.45) is 0 Å². The Morgan fingerprint density at radius 2 is 2.29 bits per heavy atom. The minimum Gasteiger partial charge on any atom is -0.487 e. The van der Waals surface area contributed by atoms with E-state index in [1.54, 1.807) is 7.11 Å². The first-order chi connectivity index (χ1) is 6.76. The average molecular weight is 224 g/mol. The lowest BCUT2D eigenvalue weighted by atomic mass is 10.2. The molecule has 1 aromatic carbocycles. The van der Waals surface area contributed by atoms with Crippen LogP contribution in [-0.4, -0.2) is 13.4 Å². The fourth-order valence-corrected chi connectivity index (χ4v) is 2.66. The summed E-state index contributed by atoms with van der Waals surface area (Å²) in [6.07, 6.45) is 0.829. The molecule has 72 valence electrons. The molecule has 0 amide bonds. The van der Waals surface area contributed by atoms with Crippen molar-refractivity contribution in [2.45, 2.75) is 4.90 Å². The van der Waals surface area contributed by atoms with Crippen molar-refractivity contribution in [3.63, 3.8) is 0 Å². The molecule has 1 aromatic heterocycles. The molecule has 0 N–H and O–H groups in total. The van der Waals surface area contributed by atoms with Gasteiger partial charge in [-0.05, 0) is 12.1 Å². The Morgan fingerprint density at radius 3 is 2.93 bits per heavy atom. The van der Waals surface area contributed by atoms with Crippen molar-refractivity contribution in [3.05, 3.63) is 23.8 Å². The molecule has 0 aliphatic rings.